The lowest BCUT2D eigenvalue weighted by Crippen LogP contribution is -2.36. The maximum atomic E-state index is 6.03. The van der Waals surface area contributed by atoms with Crippen LogP contribution in [-0.2, 0) is 17.7 Å². The minimum Gasteiger partial charge on any atom is -0.398 e. The highest BCUT2D eigenvalue weighted by Crippen LogP contribution is 2.27. The quantitative estimate of drug-likeness (QED) is 0.796. The molecule has 3 heterocycles. The third-order valence-corrected chi connectivity index (χ3v) is 4.85. The van der Waals surface area contributed by atoms with Gasteiger partial charge in [-0.15, -0.1) is 0 Å². The summed E-state index contributed by atoms with van der Waals surface area (Å²) in [5.74, 6) is 0. The first-order valence-corrected chi connectivity index (χ1v) is 8.90. The van der Waals surface area contributed by atoms with E-state index in [-0.39, 0.29) is 0 Å². The summed E-state index contributed by atoms with van der Waals surface area (Å²) in [5.41, 5.74) is 12.4. The molecular formula is C20H24N4O. The number of nitrogens with zero attached hydrogens (tertiary/aromatic N) is 3. The van der Waals surface area contributed by atoms with Gasteiger partial charge < -0.3 is 14.9 Å². The van der Waals surface area contributed by atoms with E-state index in [4.69, 9.17) is 15.5 Å². The largest absolute Gasteiger partial charge is 0.398 e. The molecule has 130 valence electrons. The van der Waals surface area contributed by atoms with Gasteiger partial charge in [0.25, 0.3) is 0 Å². The highest BCUT2D eigenvalue weighted by molar-refractivity contribution is 5.67. The van der Waals surface area contributed by atoms with Crippen molar-refractivity contribution in [3.05, 3.63) is 53.9 Å². The Morgan fingerprint density at radius 3 is 2.56 bits per heavy atom. The third-order valence-electron chi connectivity index (χ3n) is 4.85. The van der Waals surface area contributed by atoms with Gasteiger partial charge in [-0.05, 0) is 24.1 Å². The average Bonchev–Trinajstić information content (AvgIpc) is 3.00. The van der Waals surface area contributed by atoms with Crippen LogP contribution in [0.15, 0.2) is 42.6 Å². The van der Waals surface area contributed by atoms with Gasteiger partial charge >= 0.3 is 0 Å². The first kappa shape index (κ1) is 16.1. The van der Waals surface area contributed by atoms with Gasteiger partial charge in [0.15, 0.2) is 0 Å². The first-order chi connectivity index (χ1) is 12.2. The van der Waals surface area contributed by atoms with Crippen LogP contribution in [0.3, 0.4) is 0 Å². The van der Waals surface area contributed by atoms with Gasteiger partial charge in [0.2, 0.25) is 0 Å². The number of aryl methyl sites for hydroxylation is 1. The van der Waals surface area contributed by atoms with E-state index in [1.54, 1.807) is 0 Å². The second-order valence-corrected chi connectivity index (χ2v) is 6.54. The SMILES string of the molecule is CCc1ccc(-c2nc3ccc(N)cn3c2CN2CCOCC2)cc1. The van der Waals surface area contributed by atoms with Crippen LogP contribution in [0.25, 0.3) is 16.9 Å². The third kappa shape index (κ3) is 3.25. The second kappa shape index (κ2) is 6.86. The number of nitrogen functional groups attached to an aromatic ring is 1. The number of hydrogen-bond acceptors (Lipinski definition) is 4. The zero-order valence-electron chi connectivity index (χ0n) is 14.6. The molecule has 2 N–H and O–H groups in total. The lowest BCUT2D eigenvalue weighted by molar-refractivity contribution is 0.0336. The molecule has 3 aromatic rings. The van der Waals surface area contributed by atoms with Crippen LogP contribution in [-0.4, -0.2) is 40.6 Å². The maximum absolute atomic E-state index is 6.03. The minimum absolute atomic E-state index is 0.751. The minimum atomic E-state index is 0.751. The number of morpholine rings is 1. The predicted molar refractivity (Wildman–Crippen MR) is 101 cm³/mol. The molecule has 0 unspecified atom stereocenters. The summed E-state index contributed by atoms with van der Waals surface area (Å²) in [4.78, 5) is 7.31. The fraction of sp³-hybridized carbons (Fsp3) is 0.350. The van der Waals surface area contributed by atoms with Crippen molar-refractivity contribution in [3.63, 3.8) is 0 Å². The van der Waals surface area contributed by atoms with Crippen LogP contribution in [0.1, 0.15) is 18.2 Å². The van der Waals surface area contributed by atoms with Gasteiger partial charge in [0.05, 0.1) is 24.6 Å². The molecule has 2 aromatic heterocycles. The molecule has 0 spiro atoms. The highest BCUT2D eigenvalue weighted by Gasteiger charge is 2.19. The molecule has 1 aliphatic heterocycles. The summed E-state index contributed by atoms with van der Waals surface area (Å²) in [6, 6.07) is 12.6. The number of imidazole rings is 1. The van der Waals surface area contributed by atoms with Crippen molar-refractivity contribution in [2.24, 2.45) is 0 Å². The number of benzene rings is 1. The molecule has 4 rings (SSSR count). The van der Waals surface area contributed by atoms with E-state index in [0.717, 1.165) is 61.9 Å². The van der Waals surface area contributed by atoms with E-state index in [1.807, 2.05) is 18.3 Å². The molecule has 1 aromatic carbocycles. The Kier molecular flexibility index (Phi) is 4.42. The zero-order valence-corrected chi connectivity index (χ0v) is 14.6. The average molecular weight is 336 g/mol. The molecule has 1 saturated heterocycles. The summed E-state index contributed by atoms with van der Waals surface area (Å²) < 4.78 is 7.61. The van der Waals surface area contributed by atoms with Crippen LogP contribution in [0.5, 0.6) is 0 Å². The monoisotopic (exact) mass is 336 g/mol. The molecule has 0 aliphatic carbocycles. The van der Waals surface area contributed by atoms with Gasteiger partial charge in [-0.1, -0.05) is 31.2 Å². The fourth-order valence-electron chi connectivity index (χ4n) is 3.36. The molecule has 0 atom stereocenters. The molecular weight excluding hydrogens is 312 g/mol. The summed E-state index contributed by atoms with van der Waals surface area (Å²) in [6.07, 6.45) is 3.02. The molecule has 0 amide bonds. The van der Waals surface area contributed by atoms with Gasteiger partial charge in [0.1, 0.15) is 5.65 Å². The van der Waals surface area contributed by atoms with Crippen molar-refractivity contribution in [1.82, 2.24) is 14.3 Å². The lowest BCUT2D eigenvalue weighted by Gasteiger charge is -2.26. The standard InChI is InChI=1S/C20H24N4O/c1-2-15-3-5-16(6-4-15)20-18(14-23-9-11-25-12-10-23)24-13-17(21)7-8-19(24)22-20/h3-8,13H,2,9-12,14,21H2,1H3. The van der Waals surface area contributed by atoms with Gasteiger partial charge in [-0.2, -0.15) is 0 Å². The number of rotatable bonds is 4. The Hall–Kier alpha value is -2.37. The van der Waals surface area contributed by atoms with E-state index in [0.29, 0.717) is 0 Å². The second-order valence-electron chi connectivity index (χ2n) is 6.54. The summed E-state index contributed by atoms with van der Waals surface area (Å²) in [7, 11) is 0. The van der Waals surface area contributed by atoms with E-state index >= 15 is 0 Å². The normalized spacial score (nSPS) is 15.7. The van der Waals surface area contributed by atoms with Crippen LogP contribution in [0, 0.1) is 0 Å². The fourth-order valence-corrected chi connectivity index (χ4v) is 3.36. The molecule has 5 nitrogen and oxygen atoms in total. The summed E-state index contributed by atoms with van der Waals surface area (Å²) in [6.45, 7) is 6.50. The number of pyridine rings is 1. The van der Waals surface area contributed by atoms with Crippen LogP contribution in [0.4, 0.5) is 5.69 Å². The Balaban J connectivity index is 1.79. The van der Waals surface area contributed by atoms with Crippen LogP contribution < -0.4 is 5.73 Å². The molecule has 0 radical (unpaired) electrons. The molecule has 1 fully saturated rings. The maximum Gasteiger partial charge on any atom is 0.137 e. The topological polar surface area (TPSA) is 55.8 Å². The number of ether oxygens (including phenoxy) is 1. The summed E-state index contributed by atoms with van der Waals surface area (Å²) >= 11 is 0. The van der Waals surface area contributed by atoms with Crippen LogP contribution >= 0.6 is 0 Å². The zero-order chi connectivity index (χ0) is 17.2. The predicted octanol–water partition coefficient (Wildman–Crippen LogP) is 2.98. The number of anilines is 1. The van der Waals surface area contributed by atoms with Crippen molar-refractivity contribution in [2.45, 2.75) is 19.9 Å². The van der Waals surface area contributed by atoms with E-state index in [1.165, 1.54) is 11.3 Å². The smallest absolute Gasteiger partial charge is 0.137 e. The van der Waals surface area contributed by atoms with Crippen molar-refractivity contribution >= 4 is 11.3 Å². The number of fused-ring (bicyclic) bond motifs is 1. The Morgan fingerprint density at radius 1 is 1.08 bits per heavy atom. The molecule has 0 bridgehead atoms. The van der Waals surface area contributed by atoms with E-state index in [9.17, 15) is 0 Å². The van der Waals surface area contributed by atoms with Gasteiger partial charge in [0, 0.05) is 37.1 Å². The number of aromatic nitrogens is 2. The molecule has 0 saturated carbocycles. The van der Waals surface area contributed by atoms with Crippen molar-refractivity contribution in [1.29, 1.82) is 0 Å². The van der Waals surface area contributed by atoms with Crippen molar-refractivity contribution in [3.8, 4) is 11.3 Å². The first-order valence-electron chi connectivity index (χ1n) is 8.90. The van der Waals surface area contributed by atoms with Crippen molar-refractivity contribution < 1.29 is 4.74 Å². The number of nitrogens with two attached hydrogens (primary N) is 1. The van der Waals surface area contributed by atoms with E-state index < -0.39 is 0 Å². The molecule has 5 heteroatoms. The van der Waals surface area contributed by atoms with E-state index in [2.05, 4.69) is 40.5 Å². The van der Waals surface area contributed by atoms with Crippen LogP contribution in [0.2, 0.25) is 0 Å². The summed E-state index contributed by atoms with van der Waals surface area (Å²) in [5, 5.41) is 0. The van der Waals surface area contributed by atoms with Gasteiger partial charge in [-0.25, -0.2) is 4.98 Å². The van der Waals surface area contributed by atoms with Gasteiger partial charge in [-0.3, -0.25) is 4.90 Å². The Labute approximate surface area is 148 Å². The Morgan fingerprint density at radius 2 is 1.84 bits per heavy atom. The number of hydrogen-bond donors (Lipinski definition) is 1. The lowest BCUT2D eigenvalue weighted by atomic mass is 10.1. The van der Waals surface area contributed by atoms with Crippen molar-refractivity contribution in [2.75, 3.05) is 32.0 Å². The molecule has 1 aliphatic rings. The Bertz CT molecular complexity index is 863. The highest BCUT2D eigenvalue weighted by atomic mass is 16.5. The molecule has 25 heavy (non-hydrogen) atoms.